The van der Waals surface area contributed by atoms with Crippen LogP contribution in [0.15, 0.2) is 18.2 Å². The molecule has 0 saturated carbocycles. The monoisotopic (exact) mass is 311 g/mol. The number of benzene rings is 1. The van der Waals surface area contributed by atoms with Crippen molar-refractivity contribution in [2.45, 2.75) is 19.6 Å². The molecule has 22 heavy (non-hydrogen) atoms. The molecule has 7 heteroatoms. The smallest absolute Gasteiger partial charge is 0.216 e. The number of nitrogens with one attached hydrogen (secondary N) is 1. The predicted molar refractivity (Wildman–Crippen MR) is 77.5 cm³/mol. The second-order valence-corrected chi connectivity index (χ2v) is 5.02. The number of aromatic nitrogens is 2. The molecule has 1 aromatic heterocycles. The van der Waals surface area contributed by atoms with E-state index in [2.05, 4.69) is 10.4 Å². The molecule has 120 valence electrons. The van der Waals surface area contributed by atoms with E-state index in [1.807, 2.05) is 6.92 Å². The Bertz CT molecular complexity index is 658. The number of aliphatic hydroxyl groups excluding tert-OH is 1. The summed E-state index contributed by atoms with van der Waals surface area (Å²) in [6.45, 7) is 2.51. The molecule has 1 atom stereocenters. The van der Waals surface area contributed by atoms with Crippen molar-refractivity contribution in [2.75, 3.05) is 13.7 Å². The minimum absolute atomic E-state index is 0.197. The molecule has 0 unspecified atom stereocenters. The lowest BCUT2D eigenvalue weighted by molar-refractivity contribution is 0.173. The Hall–Kier alpha value is -1.99. The van der Waals surface area contributed by atoms with Crippen molar-refractivity contribution in [3.8, 4) is 5.88 Å². The Morgan fingerprint density at radius 3 is 2.73 bits per heavy atom. The summed E-state index contributed by atoms with van der Waals surface area (Å²) in [5.41, 5.74) is 2.04. The average molecular weight is 311 g/mol. The zero-order valence-electron chi connectivity index (χ0n) is 12.7. The highest BCUT2D eigenvalue weighted by atomic mass is 19.2. The molecule has 0 bridgehead atoms. The quantitative estimate of drug-likeness (QED) is 0.854. The van der Waals surface area contributed by atoms with Crippen molar-refractivity contribution in [2.24, 2.45) is 7.05 Å². The van der Waals surface area contributed by atoms with E-state index in [9.17, 15) is 13.9 Å². The van der Waals surface area contributed by atoms with Crippen LogP contribution in [0.25, 0.3) is 0 Å². The van der Waals surface area contributed by atoms with E-state index in [0.29, 0.717) is 18.0 Å². The summed E-state index contributed by atoms with van der Waals surface area (Å²) in [7, 11) is 3.35. The lowest BCUT2D eigenvalue weighted by Crippen LogP contribution is -2.21. The second-order valence-electron chi connectivity index (χ2n) is 5.02. The molecule has 0 aliphatic heterocycles. The van der Waals surface area contributed by atoms with Crippen LogP contribution in [0.1, 0.15) is 22.9 Å². The number of aliphatic hydroxyl groups is 1. The number of methoxy groups -OCH3 is 1. The minimum atomic E-state index is -0.971. The van der Waals surface area contributed by atoms with E-state index in [1.54, 1.807) is 18.8 Å². The van der Waals surface area contributed by atoms with Crippen molar-refractivity contribution in [3.63, 3.8) is 0 Å². The summed E-state index contributed by atoms with van der Waals surface area (Å²) in [6.07, 6.45) is -0.932. The molecule has 1 heterocycles. The Morgan fingerprint density at radius 1 is 1.36 bits per heavy atom. The van der Waals surface area contributed by atoms with Crippen molar-refractivity contribution in [1.29, 1.82) is 0 Å². The first-order valence-electron chi connectivity index (χ1n) is 6.84. The Kier molecular flexibility index (Phi) is 5.10. The summed E-state index contributed by atoms with van der Waals surface area (Å²) >= 11 is 0. The van der Waals surface area contributed by atoms with E-state index < -0.39 is 17.7 Å². The fraction of sp³-hybridized carbons (Fsp3) is 0.400. The van der Waals surface area contributed by atoms with E-state index in [0.717, 1.165) is 23.4 Å². The largest absolute Gasteiger partial charge is 0.481 e. The maximum atomic E-state index is 13.1. The lowest BCUT2D eigenvalue weighted by Gasteiger charge is -2.13. The summed E-state index contributed by atoms with van der Waals surface area (Å²) < 4.78 is 32.9. The molecule has 2 rings (SSSR count). The molecule has 2 aromatic rings. The molecule has 1 aromatic carbocycles. The highest BCUT2D eigenvalue weighted by Crippen LogP contribution is 2.21. The van der Waals surface area contributed by atoms with Crippen LogP contribution in [0.5, 0.6) is 5.88 Å². The van der Waals surface area contributed by atoms with Crippen LogP contribution in [-0.4, -0.2) is 28.5 Å². The molecular weight excluding hydrogens is 292 g/mol. The zero-order valence-corrected chi connectivity index (χ0v) is 12.7. The van der Waals surface area contributed by atoms with Gasteiger partial charge in [-0.25, -0.2) is 13.5 Å². The van der Waals surface area contributed by atoms with E-state index in [4.69, 9.17) is 4.74 Å². The van der Waals surface area contributed by atoms with Crippen molar-refractivity contribution in [1.82, 2.24) is 15.1 Å². The van der Waals surface area contributed by atoms with Gasteiger partial charge in [-0.1, -0.05) is 6.07 Å². The van der Waals surface area contributed by atoms with Crippen molar-refractivity contribution >= 4 is 0 Å². The number of aryl methyl sites for hydroxylation is 2. The molecule has 0 spiro atoms. The maximum Gasteiger partial charge on any atom is 0.216 e. The number of nitrogens with zero attached hydrogens (tertiary/aromatic N) is 2. The van der Waals surface area contributed by atoms with Gasteiger partial charge in [0.2, 0.25) is 5.88 Å². The van der Waals surface area contributed by atoms with Crippen LogP contribution < -0.4 is 10.1 Å². The minimum Gasteiger partial charge on any atom is -0.481 e. The molecule has 0 fully saturated rings. The summed E-state index contributed by atoms with van der Waals surface area (Å²) in [5, 5.41) is 17.3. The number of hydrogen-bond donors (Lipinski definition) is 2. The summed E-state index contributed by atoms with van der Waals surface area (Å²) in [4.78, 5) is 0. The Balaban J connectivity index is 1.97. The molecule has 0 amide bonds. The molecule has 0 aliphatic carbocycles. The van der Waals surface area contributed by atoms with E-state index in [1.165, 1.54) is 6.07 Å². The number of hydrogen-bond acceptors (Lipinski definition) is 4. The average Bonchev–Trinajstić information content (AvgIpc) is 2.75. The number of halogens is 2. The second kappa shape index (κ2) is 6.85. The maximum absolute atomic E-state index is 13.1. The van der Waals surface area contributed by atoms with Crippen molar-refractivity contribution < 1.29 is 18.6 Å². The van der Waals surface area contributed by atoms with Gasteiger partial charge in [-0.05, 0) is 24.6 Å². The van der Waals surface area contributed by atoms with Crippen LogP contribution in [0.2, 0.25) is 0 Å². The van der Waals surface area contributed by atoms with E-state index >= 15 is 0 Å². The van der Waals surface area contributed by atoms with Crippen LogP contribution in [-0.2, 0) is 13.6 Å². The van der Waals surface area contributed by atoms with Gasteiger partial charge in [-0.15, -0.1) is 0 Å². The lowest BCUT2D eigenvalue weighted by atomic mass is 10.1. The fourth-order valence-corrected chi connectivity index (χ4v) is 2.31. The van der Waals surface area contributed by atoms with Gasteiger partial charge >= 0.3 is 0 Å². The van der Waals surface area contributed by atoms with Gasteiger partial charge in [-0.2, -0.15) is 5.10 Å². The fourth-order valence-electron chi connectivity index (χ4n) is 2.31. The molecular formula is C15H19F2N3O2. The number of ether oxygens (including phenoxy) is 1. The van der Waals surface area contributed by atoms with Crippen LogP contribution in [0, 0.1) is 18.6 Å². The third-order valence-electron chi connectivity index (χ3n) is 3.45. The normalized spacial score (nSPS) is 12.5. The van der Waals surface area contributed by atoms with E-state index in [-0.39, 0.29) is 6.54 Å². The summed E-state index contributed by atoms with van der Waals surface area (Å²) in [6, 6.07) is 3.36. The third kappa shape index (κ3) is 3.42. The highest BCUT2D eigenvalue weighted by molar-refractivity contribution is 5.30. The van der Waals surface area contributed by atoms with Crippen LogP contribution in [0.3, 0.4) is 0 Å². The van der Waals surface area contributed by atoms with Crippen molar-refractivity contribution in [3.05, 3.63) is 46.7 Å². The first-order valence-corrected chi connectivity index (χ1v) is 6.84. The van der Waals surface area contributed by atoms with Gasteiger partial charge in [0, 0.05) is 20.1 Å². The van der Waals surface area contributed by atoms with Gasteiger partial charge < -0.3 is 15.2 Å². The molecule has 0 radical (unpaired) electrons. The Labute approximate surface area is 127 Å². The molecule has 0 saturated heterocycles. The first kappa shape index (κ1) is 16.4. The predicted octanol–water partition coefficient (Wildman–Crippen LogP) is 1.84. The first-order chi connectivity index (χ1) is 10.4. The van der Waals surface area contributed by atoms with Gasteiger partial charge in [0.15, 0.2) is 11.6 Å². The zero-order chi connectivity index (χ0) is 16.3. The topological polar surface area (TPSA) is 59.3 Å². The Morgan fingerprint density at radius 2 is 2.09 bits per heavy atom. The van der Waals surface area contributed by atoms with Gasteiger partial charge in [0.1, 0.15) is 0 Å². The van der Waals surface area contributed by atoms with Gasteiger partial charge in [-0.3, -0.25) is 0 Å². The molecule has 0 aliphatic rings. The SMILES string of the molecule is COc1c(CNC[C@@H](O)c2ccc(F)c(F)c2)c(C)nn1C. The molecule has 2 N–H and O–H groups in total. The van der Waals surface area contributed by atoms with Crippen LogP contribution in [0.4, 0.5) is 8.78 Å². The summed E-state index contributed by atoms with van der Waals surface area (Å²) in [5.74, 6) is -1.26. The molecule has 5 nitrogen and oxygen atoms in total. The standard InChI is InChI=1S/C15H19F2N3O2/c1-9-11(15(22-3)20(2)19-9)7-18-8-14(21)10-4-5-12(16)13(17)6-10/h4-6,14,18,21H,7-8H2,1-3H3/t14-/m1/s1. The van der Waals surface area contributed by atoms with Crippen LogP contribution >= 0.6 is 0 Å². The highest BCUT2D eigenvalue weighted by Gasteiger charge is 2.15. The number of rotatable bonds is 6. The van der Waals surface area contributed by atoms with Gasteiger partial charge in [0.25, 0.3) is 0 Å². The van der Waals surface area contributed by atoms with Gasteiger partial charge in [0.05, 0.1) is 24.5 Å². The third-order valence-corrected chi connectivity index (χ3v) is 3.45.